The molecule has 0 aliphatic rings. The van der Waals surface area contributed by atoms with Crippen LogP contribution in [-0.2, 0) is 20.7 Å². The fourth-order valence-corrected chi connectivity index (χ4v) is 2.01. The highest BCUT2D eigenvalue weighted by molar-refractivity contribution is 5.84. The van der Waals surface area contributed by atoms with Crippen molar-refractivity contribution in [2.75, 3.05) is 27.9 Å². The second kappa shape index (κ2) is 8.87. The first-order valence-electron chi connectivity index (χ1n) is 7.22. The van der Waals surface area contributed by atoms with Crippen molar-refractivity contribution in [3.05, 3.63) is 17.7 Å². The highest BCUT2D eigenvalue weighted by Gasteiger charge is 2.19. The third-order valence-corrected chi connectivity index (χ3v) is 3.10. The van der Waals surface area contributed by atoms with E-state index in [4.69, 9.17) is 18.9 Å². The topological polar surface area (TPSA) is 83.1 Å². The molecule has 0 aliphatic heterocycles. The van der Waals surface area contributed by atoms with Gasteiger partial charge in [-0.2, -0.15) is 0 Å². The normalized spacial score (nSPS) is 11.3. The average Bonchev–Trinajstić information content (AvgIpc) is 2.53. The molecule has 0 aliphatic carbocycles. The second-order valence-corrected chi connectivity index (χ2v) is 4.74. The van der Waals surface area contributed by atoms with E-state index >= 15 is 0 Å². The van der Waals surface area contributed by atoms with E-state index in [0.717, 1.165) is 0 Å². The molecular formula is C16H23NO6. The summed E-state index contributed by atoms with van der Waals surface area (Å²) < 4.78 is 20.8. The van der Waals surface area contributed by atoms with Crippen molar-refractivity contribution < 1.29 is 28.5 Å². The molecule has 23 heavy (non-hydrogen) atoms. The Morgan fingerprint density at radius 2 is 1.65 bits per heavy atom. The van der Waals surface area contributed by atoms with Crippen LogP contribution in [0.1, 0.15) is 19.4 Å². The molecule has 0 bridgehead atoms. The van der Waals surface area contributed by atoms with Gasteiger partial charge in [0.2, 0.25) is 5.75 Å². The van der Waals surface area contributed by atoms with Crippen molar-refractivity contribution >= 4 is 11.9 Å². The maximum atomic E-state index is 12.0. The van der Waals surface area contributed by atoms with Crippen LogP contribution in [0.25, 0.3) is 0 Å². The van der Waals surface area contributed by atoms with Gasteiger partial charge in [-0.1, -0.05) is 0 Å². The quantitative estimate of drug-likeness (QED) is 0.726. The summed E-state index contributed by atoms with van der Waals surface area (Å²) in [7, 11) is 4.50. The first kappa shape index (κ1) is 18.6. The van der Waals surface area contributed by atoms with E-state index in [2.05, 4.69) is 5.32 Å². The lowest BCUT2D eigenvalue weighted by atomic mass is 10.1. The lowest BCUT2D eigenvalue weighted by Gasteiger charge is -2.15. The van der Waals surface area contributed by atoms with Crippen LogP contribution in [0.5, 0.6) is 17.2 Å². The molecule has 0 saturated carbocycles. The SMILES string of the molecule is CCNC(=O)[C@H](C)OC(=O)Cc1cc(OC)c(OC)c(OC)c1. The average molecular weight is 325 g/mol. The van der Waals surface area contributed by atoms with Gasteiger partial charge in [-0.15, -0.1) is 0 Å². The lowest BCUT2D eigenvalue weighted by Crippen LogP contribution is -2.35. The van der Waals surface area contributed by atoms with Crippen molar-refractivity contribution in [2.45, 2.75) is 26.4 Å². The molecule has 1 atom stereocenters. The van der Waals surface area contributed by atoms with Crippen molar-refractivity contribution in [1.82, 2.24) is 5.32 Å². The number of ether oxygens (including phenoxy) is 4. The Hall–Kier alpha value is -2.44. The molecule has 0 fully saturated rings. The third kappa shape index (κ3) is 5.05. The number of carbonyl (C=O) groups is 2. The molecule has 1 rings (SSSR count). The summed E-state index contributed by atoms with van der Waals surface area (Å²) in [5.74, 6) is 0.504. The number of methoxy groups -OCH3 is 3. The molecule has 7 nitrogen and oxygen atoms in total. The number of rotatable bonds is 8. The molecular weight excluding hydrogens is 302 g/mol. The van der Waals surface area contributed by atoms with E-state index in [9.17, 15) is 9.59 Å². The summed E-state index contributed by atoms with van der Waals surface area (Å²) >= 11 is 0. The number of hydrogen-bond donors (Lipinski definition) is 1. The molecule has 1 aromatic rings. The zero-order chi connectivity index (χ0) is 17.4. The van der Waals surface area contributed by atoms with Crippen LogP contribution in [-0.4, -0.2) is 45.9 Å². The first-order valence-corrected chi connectivity index (χ1v) is 7.22. The van der Waals surface area contributed by atoms with Crippen LogP contribution in [0, 0.1) is 0 Å². The Balaban J connectivity index is 2.84. The van der Waals surface area contributed by atoms with Crippen molar-refractivity contribution in [1.29, 1.82) is 0 Å². The number of amides is 1. The van der Waals surface area contributed by atoms with Crippen molar-refractivity contribution in [2.24, 2.45) is 0 Å². The van der Waals surface area contributed by atoms with Gasteiger partial charge in [-0.3, -0.25) is 9.59 Å². The van der Waals surface area contributed by atoms with Crippen LogP contribution in [0.2, 0.25) is 0 Å². The minimum absolute atomic E-state index is 0.0134. The Morgan fingerprint density at radius 1 is 1.09 bits per heavy atom. The standard InChI is InChI=1S/C16H23NO6/c1-6-17-16(19)10(2)23-14(18)9-11-7-12(20-3)15(22-5)13(8-11)21-4/h7-8,10H,6,9H2,1-5H3,(H,17,19)/t10-/m0/s1. The van der Waals surface area contributed by atoms with E-state index in [-0.39, 0.29) is 12.3 Å². The first-order chi connectivity index (χ1) is 11.0. The molecule has 0 saturated heterocycles. The highest BCUT2D eigenvalue weighted by Crippen LogP contribution is 2.38. The second-order valence-electron chi connectivity index (χ2n) is 4.74. The Kier molecular flexibility index (Phi) is 7.18. The van der Waals surface area contributed by atoms with Gasteiger partial charge in [0.25, 0.3) is 5.91 Å². The molecule has 7 heteroatoms. The van der Waals surface area contributed by atoms with E-state index in [1.54, 1.807) is 19.1 Å². The summed E-state index contributed by atoms with van der Waals surface area (Å²) in [6, 6.07) is 3.33. The van der Waals surface area contributed by atoms with Gasteiger partial charge in [0.05, 0.1) is 27.8 Å². The smallest absolute Gasteiger partial charge is 0.311 e. The van der Waals surface area contributed by atoms with Crippen LogP contribution in [0.15, 0.2) is 12.1 Å². The van der Waals surface area contributed by atoms with Gasteiger partial charge in [0.15, 0.2) is 17.6 Å². The molecule has 0 spiro atoms. The molecule has 128 valence electrons. The lowest BCUT2D eigenvalue weighted by molar-refractivity contribution is -0.154. The molecule has 1 N–H and O–H groups in total. The fourth-order valence-electron chi connectivity index (χ4n) is 2.01. The number of nitrogens with one attached hydrogen (secondary N) is 1. The molecule has 0 unspecified atom stereocenters. The van der Waals surface area contributed by atoms with Gasteiger partial charge < -0.3 is 24.3 Å². The summed E-state index contributed by atoms with van der Waals surface area (Å²) in [6.45, 7) is 3.80. The predicted molar refractivity (Wildman–Crippen MR) is 84.0 cm³/mol. The monoisotopic (exact) mass is 325 g/mol. The van der Waals surface area contributed by atoms with E-state index in [1.807, 2.05) is 0 Å². The third-order valence-electron chi connectivity index (χ3n) is 3.10. The minimum atomic E-state index is -0.843. The van der Waals surface area contributed by atoms with E-state index in [1.165, 1.54) is 28.3 Å². The number of benzene rings is 1. The maximum absolute atomic E-state index is 12.0. The zero-order valence-electron chi connectivity index (χ0n) is 14.1. The summed E-state index contributed by atoms with van der Waals surface area (Å²) in [5.41, 5.74) is 0.632. The molecule has 1 amide bonds. The van der Waals surface area contributed by atoms with Crippen LogP contribution >= 0.6 is 0 Å². The fraction of sp³-hybridized carbons (Fsp3) is 0.500. The zero-order valence-corrected chi connectivity index (χ0v) is 14.1. The Labute approximate surface area is 135 Å². The Bertz CT molecular complexity index is 532. The van der Waals surface area contributed by atoms with Crippen LogP contribution < -0.4 is 19.5 Å². The predicted octanol–water partition coefficient (Wildman–Crippen LogP) is 1.32. The number of carbonyl (C=O) groups excluding carboxylic acids is 2. The van der Waals surface area contributed by atoms with Gasteiger partial charge >= 0.3 is 5.97 Å². The molecule has 1 aromatic carbocycles. The molecule has 0 radical (unpaired) electrons. The van der Waals surface area contributed by atoms with E-state index in [0.29, 0.717) is 29.4 Å². The maximum Gasteiger partial charge on any atom is 0.311 e. The van der Waals surface area contributed by atoms with E-state index < -0.39 is 12.1 Å². The molecule has 0 aromatic heterocycles. The summed E-state index contributed by atoms with van der Waals surface area (Å²) in [6.07, 6.45) is -0.856. The van der Waals surface area contributed by atoms with Crippen LogP contribution in [0.4, 0.5) is 0 Å². The van der Waals surface area contributed by atoms with Gasteiger partial charge in [0, 0.05) is 6.54 Å². The molecule has 0 heterocycles. The van der Waals surface area contributed by atoms with Gasteiger partial charge in [-0.25, -0.2) is 0 Å². The van der Waals surface area contributed by atoms with Crippen molar-refractivity contribution in [3.8, 4) is 17.2 Å². The highest BCUT2D eigenvalue weighted by atomic mass is 16.5. The van der Waals surface area contributed by atoms with Gasteiger partial charge in [0.1, 0.15) is 0 Å². The van der Waals surface area contributed by atoms with Crippen molar-refractivity contribution in [3.63, 3.8) is 0 Å². The number of likely N-dealkylation sites (N-methyl/N-ethyl adjacent to an activating group) is 1. The van der Waals surface area contributed by atoms with Gasteiger partial charge in [-0.05, 0) is 31.5 Å². The largest absolute Gasteiger partial charge is 0.493 e. The minimum Gasteiger partial charge on any atom is -0.493 e. The van der Waals surface area contributed by atoms with Crippen LogP contribution in [0.3, 0.4) is 0 Å². The Morgan fingerprint density at radius 3 is 2.09 bits per heavy atom. The number of esters is 1. The summed E-state index contributed by atoms with van der Waals surface area (Å²) in [5, 5.41) is 2.59. The number of hydrogen-bond acceptors (Lipinski definition) is 6. The summed E-state index contributed by atoms with van der Waals surface area (Å²) in [4.78, 5) is 23.5.